The summed E-state index contributed by atoms with van der Waals surface area (Å²) in [7, 11) is 4.67. The fourth-order valence-corrected chi connectivity index (χ4v) is 4.75. The lowest BCUT2D eigenvalue weighted by atomic mass is 9.85. The van der Waals surface area contributed by atoms with E-state index in [0.717, 1.165) is 33.5 Å². The molecule has 9 nitrogen and oxygen atoms in total. The molecule has 38 heavy (non-hydrogen) atoms. The molecule has 0 aliphatic carbocycles. The quantitative estimate of drug-likeness (QED) is 0.185. The van der Waals surface area contributed by atoms with Gasteiger partial charge in [-0.15, -0.1) is 0 Å². The highest BCUT2D eigenvalue weighted by atomic mass is 16.7. The van der Waals surface area contributed by atoms with Crippen molar-refractivity contribution in [2.24, 2.45) is 0 Å². The minimum absolute atomic E-state index is 0.0797. The van der Waals surface area contributed by atoms with Crippen LogP contribution in [0.5, 0.6) is 23.0 Å². The summed E-state index contributed by atoms with van der Waals surface area (Å²) in [6, 6.07) is 14.0. The smallest absolute Gasteiger partial charge is 0.273 e. The van der Waals surface area contributed by atoms with E-state index in [4.69, 9.17) is 23.7 Å². The van der Waals surface area contributed by atoms with Gasteiger partial charge in [0.15, 0.2) is 18.3 Å². The lowest BCUT2D eigenvalue weighted by molar-refractivity contribution is -0.385. The van der Waals surface area contributed by atoms with E-state index in [1.54, 1.807) is 14.2 Å². The fraction of sp³-hybridized carbons (Fsp3) is 0.310. The van der Waals surface area contributed by atoms with Crippen LogP contribution in [0.1, 0.15) is 31.9 Å². The first-order valence-electron chi connectivity index (χ1n) is 12.1. The van der Waals surface area contributed by atoms with Crippen LogP contribution in [0.2, 0.25) is 0 Å². The van der Waals surface area contributed by atoms with Gasteiger partial charge in [-0.05, 0) is 56.2 Å². The van der Waals surface area contributed by atoms with E-state index in [1.807, 2.05) is 24.3 Å². The molecule has 0 fully saturated rings. The highest BCUT2D eigenvalue weighted by Crippen LogP contribution is 2.44. The Morgan fingerprint density at radius 2 is 1.63 bits per heavy atom. The Labute approximate surface area is 222 Å². The molecule has 0 atom stereocenters. The molecule has 4 rings (SSSR count). The van der Waals surface area contributed by atoms with Crippen LogP contribution in [-0.4, -0.2) is 38.6 Å². The molecule has 0 aromatic heterocycles. The van der Waals surface area contributed by atoms with Crippen LogP contribution in [0.4, 0.5) is 11.4 Å². The third-order valence-corrected chi connectivity index (χ3v) is 6.28. The predicted molar refractivity (Wildman–Crippen MR) is 146 cm³/mol. The van der Waals surface area contributed by atoms with E-state index in [9.17, 15) is 10.1 Å². The third-order valence-electron chi connectivity index (χ3n) is 6.28. The molecule has 0 amide bonds. The number of nitro benzene ring substituents is 1. The van der Waals surface area contributed by atoms with Gasteiger partial charge in [0.1, 0.15) is 18.1 Å². The topological polar surface area (TPSA) is 101 Å². The Morgan fingerprint density at radius 1 is 0.895 bits per heavy atom. The zero-order valence-electron chi connectivity index (χ0n) is 22.4. The van der Waals surface area contributed by atoms with Gasteiger partial charge >= 0.3 is 0 Å². The number of ether oxygens (including phenoxy) is 5. The average molecular weight is 521 g/mol. The van der Waals surface area contributed by atoms with E-state index in [1.165, 1.54) is 25.3 Å². The molecule has 0 radical (unpaired) electrons. The summed E-state index contributed by atoms with van der Waals surface area (Å²) in [6.07, 6.45) is 2.18. The minimum atomic E-state index is -0.459. The molecule has 1 aliphatic rings. The zero-order chi connectivity index (χ0) is 27.4. The summed E-state index contributed by atoms with van der Waals surface area (Å²) in [5.74, 6) is 1.93. The number of fused-ring (bicyclic) bond motifs is 1. The SMILES string of the molecule is COCOc1ccc(-c2ccc3c(c2COc2cc([N+](=O)[O-])ccc2OC)C(C)=CC(C)(C)N3)c(OC)c1. The molecular formula is C29H32N2O7. The van der Waals surface area contributed by atoms with Crippen molar-refractivity contribution in [1.82, 2.24) is 0 Å². The van der Waals surface area contributed by atoms with Crippen LogP contribution < -0.4 is 24.3 Å². The molecule has 0 bridgehead atoms. The summed E-state index contributed by atoms with van der Waals surface area (Å²) in [4.78, 5) is 10.9. The number of rotatable bonds is 10. The fourth-order valence-electron chi connectivity index (χ4n) is 4.75. The highest BCUT2D eigenvalue weighted by Gasteiger charge is 2.27. The number of anilines is 1. The van der Waals surface area contributed by atoms with Crippen molar-refractivity contribution in [1.29, 1.82) is 0 Å². The molecule has 0 spiro atoms. The van der Waals surface area contributed by atoms with Crippen molar-refractivity contribution in [3.05, 3.63) is 75.8 Å². The van der Waals surface area contributed by atoms with Crippen LogP contribution in [0, 0.1) is 10.1 Å². The normalized spacial score (nSPS) is 13.6. The standard InChI is InChI=1S/C29H32N2O7/c1-18-15-29(2,3)30-24-11-10-21(22-9-8-20(38-17-34-4)14-26(22)36-6)23(28(18)24)16-37-27-13-19(31(32)33)7-12-25(27)35-5/h7-15,30H,16-17H2,1-6H3. The number of hydrogen-bond acceptors (Lipinski definition) is 8. The van der Waals surface area contributed by atoms with Crippen LogP contribution in [0.25, 0.3) is 16.7 Å². The van der Waals surface area contributed by atoms with E-state index >= 15 is 0 Å². The van der Waals surface area contributed by atoms with Gasteiger partial charge in [0.25, 0.3) is 5.69 Å². The van der Waals surface area contributed by atoms with Crippen LogP contribution in [-0.2, 0) is 11.3 Å². The van der Waals surface area contributed by atoms with E-state index < -0.39 is 4.92 Å². The van der Waals surface area contributed by atoms with Gasteiger partial charge in [-0.3, -0.25) is 10.1 Å². The number of benzene rings is 3. The van der Waals surface area contributed by atoms with Crippen LogP contribution in [0.3, 0.4) is 0 Å². The maximum absolute atomic E-state index is 11.4. The number of nitro groups is 1. The lowest BCUT2D eigenvalue weighted by Gasteiger charge is -2.33. The average Bonchev–Trinajstić information content (AvgIpc) is 2.89. The van der Waals surface area contributed by atoms with Crippen molar-refractivity contribution in [2.75, 3.05) is 33.4 Å². The molecule has 0 unspecified atom stereocenters. The number of nitrogens with one attached hydrogen (secondary N) is 1. The summed E-state index contributed by atoms with van der Waals surface area (Å²) >= 11 is 0. The second-order valence-corrected chi connectivity index (χ2v) is 9.48. The van der Waals surface area contributed by atoms with Crippen LogP contribution >= 0.6 is 0 Å². The van der Waals surface area contributed by atoms with Crippen molar-refractivity contribution >= 4 is 16.9 Å². The second kappa shape index (κ2) is 11.0. The largest absolute Gasteiger partial charge is 0.496 e. The molecule has 200 valence electrons. The van der Waals surface area contributed by atoms with Gasteiger partial charge in [0.2, 0.25) is 0 Å². The van der Waals surface area contributed by atoms with Crippen molar-refractivity contribution in [3.63, 3.8) is 0 Å². The van der Waals surface area contributed by atoms with E-state index in [0.29, 0.717) is 17.2 Å². The molecular weight excluding hydrogens is 488 g/mol. The maximum Gasteiger partial charge on any atom is 0.273 e. The first-order valence-corrected chi connectivity index (χ1v) is 12.1. The van der Waals surface area contributed by atoms with E-state index in [2.05, 4.69) is 38.2 Å². The van der Waals surface area contributed by atoms with Gasteiger partial charge < -0.3 is 29.0 Å². The highest BCUT2D eigenvalue weighted by molar-refractivity contribution is 5.88. The van der Waals surface area contributed by atoms with Gasteiger partial charge in [0, 0.05) is 41.6 Å². The molecule has 3 aromatic carbocycles. The minimum Gasteiger partial charge on any atom is -0.496 e. The molecule has 1 N–H and O–H groups in total. The summed E-state index contributed by atoms with van der Waals surface area (Å²) in [5.41, 5.74) is 5.42. The van der Waals surface area contributed by atoms with Crippen molar-refractivity contribution in [3.8, 4) is 34.1 Å². The van der Waals surface area contributed by atoms with Crippen molar-refractivity contribution < 1.29 is 28.6 Å². The number of nitrogens with zero attached hydrogens (tertiary/aromatic N) is 1. The van der Waals surface area contributed by atoms with Gasteiger partial charge in [0.05, 0.1) is 30.7 Å². The Balaban J connectivity index is 1.84. The number of hydrogen-bond donors (Lipinski definition) is 1. The lowest BCUT2D eigenvalue weighted by Crippen LogP contribution is -2.32. The molecule has 0 saturated heterocycles. The summed E-state index contributed by atoms with van der Waals surface area (Å²) in [6.45, 7) is 6.55. The monoisotopic (exact) mass is 520 g/mol. The third kappa shape index (κ3) is 5.52. The van der Waals surface area contributed by atoms with E-state index in [-0.39, 0.29) is 30.4 Å². The molecule has 0 saturated carbocycles. The Kier molecular flexibility index (Phi) is 7.78. The Hall–Kier alpha value is -4.24. The summed E-state index contributed by atoms with van der Waals surface area (Å²) < 4.78 is 28.0. The Morgan fingerprint density at radius 3 is 2.32 bits per heavy atom. The summed E-state index contributed by atoms with van der Waals surface area (Å²) in [5, 5.41) is 15.0. The number of allylic oxidation sites excluding steroid dienone is 1. The van der Waals surface area contributed by atoms with Crippen molar-refractivity contribution in [2.45, 2.75) is 32.9 Å². The zero-order valence-corrected chi connectivity index (χ0v) is 22.4. The molecule has 1 aliphatic heterocycles. The molecule has 9 heteroatoms. The molecule has 1 heterocycles. The Bertz CT molecular complexity index is 1380. The number of non-ortho nitro benzene ring substituents is 1. The molecule has 3 aromatic rings. The maximum atomic E-state index is 11.4. The van der Waals surface area contributed by atoms with Gasteiger partial charge in [-0.1, -0.05) is 12.1 Å². The first-order chi connectivity index (χ1) is 18.2. The number of methoxy groups -OCH3 is 3. The first kappa shape index (κ1) is 26.8. The van der Waals surface area contributed by atoms with Gasteiger partial charge in [-0.2, -0.15) is 0 Å². The predicted octanol–water partition coefficient (Wildman–Crippen LogP) is 6.45. The second-order valence-electron chi connectivity index (χ2n) is 9.48. The van der Waals surface area contributed by atoms with Gasteiger partial charge in [-0.25, -0.2) is 0 Å². The van der Waals surface area contributed by atoms with Crippen LogP contribution in [0.15, 0.2) is 54.6 Å².